The first-order chi connectivity index (χ1) is 13.9. The minimum atomic E-state index is -2.62. The van der Waals surface area contributed by atoms with Crippen molar-refractivity contribution in [2.75, 3.05) is 20.1 Å². The Balaban J connectivity index is 2.99. The number of hydrogen-bond acceptors (Lipinski definition) is 7. The van der Waals surface area contributed by atoms with Crippen LogP contribution in [-0.4, -0.2) is 44.6 Å². The van der Waals surface area contributed by atoms with Crippen LogP contribution < -0.4 is 4.72 Å². The number of benzene rings is 1. The van der Waals surface area contributed by atoms with Crippen molar-refractivity contribution in [1.82, 2.24) is 9.62 Å². The van der Waals surface area contributed by atoms with Crippen LogP contribution >= 0.6 is 11.9 Å². The van der Waals surface area contributed by atoms with Crippen molar-refractivity contribution >= 4 is 33.6 Å². The third-order valence-corrected chi connectivity index (χ3v) is 5.51. The van der Waals surface area contributed by atoms with Crippen LogP contribution in [0.1, 0.15) is 62.5 Å². The topological polar surface area (TPSA) is 95.9 Å². The molecule has 0 spiro atoms. The van der Waals surface area contributed by atoms with Crippen LogP contribution in [0.4, 0.5) is 4.79 Å². The number of unbranched alkanes of at least 4 members (excludes halogenated alkanes) is 5. The molecule has 0 saturated heterocycles. The summed E-state index contributed by atoms with van der Waals surface area (Å²) in [6, 6.07) is 7.26. The molecule has 1 atom stereocenters. The van der Waals surface area contributed by atoms with Crippen LogP contribution in [0.2, 0.25) is 0 Å². The Hall–Kier alpha value is -1.71. The van der Waals surface area contributed by atoms with Gasteiger partial charge in [-0.1, -0.05) is 68.9 Å². The largest absolute Gasteiger partial charge is 0.311 e. The number of rotatable bonds is 12. The second-order valence-corrected chi connectivity index (χ2v) is 8.48. The number of carbonyl (C=O) groups excluding carboxylic acids is 2. The zero-order valence-electron chi connectivity index (χ0n) is 17.4. The highest BCUT2D eigenvalue weighted by molar-refractivity contribution is 8.11. The molecule has 2 amide bonds. The monoisotopic (exact) mass is 441 g/mol. The van der Waals surface area contributed by atoms with Crippen molar-refractivity contribution in [3.05, 3.63) is 35.4 Å². The van der Waals surface area contributed by atoms with Gasteiger partial charge in [0.25, 0.3) is 0 Å². The predicted molar refractivity (Wildman–Crippen MR) is 117 cm³/mol. The van der Waals surface area contributed by atoms with Gasteiger partial charge in [0.2, 0.25) is 5.91 Å². The summed E-state index contributed by atoms with van der Waals surface area (Å²) in [7, 11) is -1.00. The molecule has 0 aliphatic rings. The molecule has 1 N–H and O–H groups in total. The van der Waals surface area contributed by atoms with Crippen molar-refractivity contribution < 1.29 is 18.0 Å². The van der Waals surface area contributed by atoms with Crippen molar-refractivity contribution in [1.29, 1.82) is 0 Å². The number of aryl methyl sites for hydroxylation is 1. The van der Waals surface area contributed by atoms with E-state index in [4.69, 9.17) is 0 Å². The van der Waals surface area contributed by atoms with Gasteiger partial charge < -0.3 is 0 Å². The maximum Gasteiger partial charge on any atom is 0.311 e. The SMILES string of the molecule is CCCCCCCCN(C(=O)SNC)C(=O)C(CN=S(=O)=O)c1ccc(C)cc1. The van der Waals surface area contributed by atoms with E-state index in [9.17, 15) is 18.0 Å². The molecule has 1 rings (SSSR count). The van der Waals surface area contributed by atoms with Gasteiger partial charge in [-0.15, -0.1) is 0 Å². The van der Waals surface area contributed by atoms with Crippen molar-refractivity contribution in [3.8, 4) is 0 Å². The molecule has 0 radical (unpaired) electrons. The summed E-state index contributed by atoms with van der Waals surface area (Å²) in [5.41, 5.74) is 1.67. The first-order valence-corrected chi connectivity index (χ1v) is 11.8. The van der Waals surface area contributed by atoms with Crippen molar-refractivity contribution in [2.45, 2.75) is 58.3 Å². The highest BCUT2D eigenvalue weighted by Crippen LogP contribution is 2.22. The lowest BCUT2D eigenvalue weighted by molar-refractivity contribution is -0.129. The summed E-state index contributed by atoms with van der Waals surface area (Å²) >= 11 is 0.843. The van der Waals surface area contributed by atoms with Gasteiger partial charge in [0, 0.05) is 18.5 Å². The Morgan fingerprint density at radius 1 is 1.10 bits per heavy atom. The molecular weight excluding hydrogens is 410 g/mol. The van der Waals surface area contributed by atoms with Gasteiger partial charge in [-0.05, 0) is 26.0 Å². The van der Waals surface area contributed by atoms with E-state index in [1.807, 2.05) is 19.1 Å². The average molecular weight is 442 g/mol. The van der Waals surface area contributed by atoms with Crippen LogP contribution in [0.3, 0.4) is 0 Å². The molecule has 1 aromatic carbocycles. The van der Waals surface area contributed by atoms with Gasteiger partial charge in [0.05, 0.1) is 12.5 Å². The molecule has 29 heavy (non-hydrogen) atoms. The van der Waals surface area contributed by atoms with E-state index >= 15 is 0 Å². The van der Waals surface area contributed by atoms with Gasteiger partial charge in [0.15, 0.2) is 0 Å². The molecule has 0 aliphatic heterocycles. The lowest BCUT2D eigenvalue weighted by atomic mass is 9.96. The van der Waals surface area contributed by atoms with Gasteiger partial charge >= 0.3 is 15.7 Å². The third-order valence-electron chi connectivity index (χ3n) is 4.55. The second-order valence-electron chi connectivity index (χ2n) is 6.82. The summed E-state index contributed by atoms with van der Waals surface area (Å²) in [5, 5.41) is -0.397. The summed E-state index contributed by atoms with van der Waals surface area (Å²) in [6.45, 7) is 4.17. The van der Waals surface area contributed by atoms with Crippen LogP contribution in [0.25, 0.3) is 0 Å². The molecule has 9 heteroatoms. The fourth-order valence-corrected chi connectivity index (χ4v) is 3.67. The Morgan fingerprint density at radius 2 is 1.72 bits per heavy atom. The summed E-state index contributed by atoms with van der Waals surface area (Å²) < 4.78 is 28.1. The van der Waals surface area contributed by atoms with Crippen LogP contribution in [-0.2, 0) is 15.3 Å². The van der Waals surface area contributed by atoms with Crippen molar-refractivity contribution in [3.63, 3.8) is 0 Å². The maximum atomic E-state index is 13.2. The minimum absolute atomic E-state index is 0.220. The molecule has 0 aromatic heterocycles. The molecular formula is C20H31N3O4S2. The van der Waals surface area contributed by atoms with Crippen molar-refractivity contribution in [2.24, 2.45) is 4.36 Å². The molecule has 7 nitrogen and oxygen atoms in total. The van der Waals surface area contributed by atoms with E-state index in [0.29, 0.717) is 12.1 Å². The quantitative estimate of drug-likeness (QED) is 0.383. The number of imide groups is 1. The molecule has 0 aliphatic carbocycles. The summed E-state index contributed by atoms with van der Waals surface area (Å²) in [5.74, 6) is -1.25. The number of carbonyl (C=O) groups is 2. The van der Waals surface area contributed by atoms with Crippen LogP contribution in [0, 0.1) is 6.92 Å². The Kier molecular flexibility index (Phi) is 12.5. The first kappa shape index (κ1) is 25.3. The van der Waals surface area contributed by atoms with Crippen LogP contribution in [0.5, 0.6) is 0 Å². The molecule has 0 fully saturated rings. The van der Waals surface area contributed by atoms with Gasteiger partial charge in [-0.3, -0.25) is 19.2 Å². The standard InChI is InChI=1S/C20H31N3O4S2/c1-4-5-6-7-8-9-14-23(20(25)28-21-3)19(24)18(15-22-29(26)27)17-12-10-16(2)11-13-17/h10-13,18,21H,4-9,14-15H2,1-3H3. The molecule has 1 aromatic rings. The molecule has 0 bridgehead atoms. The second kappa shape index (κ2) is 14.3. The van der Waals surface area contributed by atoms with E-state index in [2.05, 4.69) is 16.0 Å². The Morgan fingerprint density at radius 3 is 2.31 bits per heavy atom. The van der Waals surface area contributed by atoms with Crippen LogP contribution in [0.15, 0.2) is 28.6 Å². The van der Waals surface area contributed by atoms with E-state index in [-0.39, 0.29) is 6.54 Å². The fraction of sp³-hybridized carbons (Fsp3) is 0.600. The van der Waals surface area contributed by atoms with Gasteiger partial charge in [0.1, 0.15) is 0 Å². The molecule has 0 saturated carbocycles. The van der Waals surface area contributed by atoms with Gasteiger partial charge in [-0.2, -0.15) is 12.8 Å². The zero-order valence-corrected chi connectivity index (χ0v) is 19.0. The highest BCUT2D eigenvalue weighted by Gasteiger charge is 2.30. The molecule has 1 unspecified atom stereocenters. The van der Waals surface area contributed by atoms with E-state index in [1.54, 1.807) is 19.2 Å². The highest BCUT2D eigenvalue weighted by atomic mass is 32.2. The fourth-order valence-electron chi connectivity index (χ4n) is 2.93. The minimum Gasteiger partial charge on any atom is -0.274 e. The number of nitrogens with zero attached hydrogens (tertiary/aromatic N) is 2. The third kappa shape index (κ3) is 9.56. The van der Waals surface area contributed by atoms with E-state index < -0.39 is 27.6 Å². The zero-order chi connectivity index (χ0) is 21.6. The predicted octanol–water partition coefficient (Wildman–Crippen LogP) is 4.32. The Bertz CT molecular complexity index is 771. The summed E-state index contributed by atoms with van der Waals surface area (Å²) in [6.07, 6.45) is 6.20. The normalized spacial score (nSPS) is 11.7. The number of amides is 2. The van der Waals surface area contributed by atoms with Gasteiger partial charge in [-0.25, -0.2) is 0 Å². The lowest BCUT2D eigenvalue weighted by Gasteiger charge is -2.25. The molecule has 162 valence electrons. The average Bonchev–Trinajstić information content (AvgIpc) is 2.68. The van der Waals surface area contributed by atoms with E-state index in [1.165, 1.54) is 11.3 Å². The summed E-state index contributed by atoms with van der Waals surface area (Å²) in [4.78, 5) is 27.0. The Labute approximate surface area is 179 Å². The number of nitrogens with one attached hydrogen (secondary N) is 1. The lowest BCUT2D eigenvalue weighted by Crippen LogP contribution is -2.40. The molecule has 0 heterocycles. The van der Waals surface area contributed by atoms with E-state index in [0.717, 1.165) is 49.6 Å². The maximum absolute atomic E-state index is 13.2. The first-order valence-electron chi connectivity index (χ1n) is 9.93. The number of hydrogen-bond donors (Lipinski definition) is 1. The smallest absolute Gasteiger partial charge is 0.274 e.